The van der Waals surface area contributed by atoms with Crippen LogP contribution in [-0.2, 0) is 6.18 Å². The van der Waals surface area contributed by atoms with E-state index in [1.165, 1.54) is 16.8 Å². The Balaban J connectivity index is 1.42. The van der Waals surface area contributed by atoms with Gasteiger partial charge in [0, 0.05) is 24.0 Å². The highest BCUT2D eigenvalue weighted by molar-refractivity contribution is 6.09. The number of fused-ring (bicyclic) bond motifs is 1. The summed E-state index contributed by atoms with van der Waals surface area (Å²) in [5.74, 6) is -1.58. The summed E-state index contributed by atoms with van der Waals surface area (Å²) in [7, 11) is 0. The number of nitrogens with one attached hydrogen (secondary N) is 1. The van der Waals surface area contributed by atoms with Crippen LogP contribution in [0.3, 0.4) is 0 Å². The zero-order valence-electron chi connectivity index (χ0n) is 18.1. The van der Waals surface area contributed by atoms with E-state index in [1.54, 1.807) is 18.3 Å². The van der Waals surface area contributed by atoms with Gasteiger partial charge in [0.2, 0.25) is 0 Å². The number of nitrogens with zero attached hydrogens (tertiary/aromatic N) is 4. The number of carbonyl (C=O) groups excluding carboxylic acids is 1. The van der Waals surface area contributed by atoms with Crippen molar-refractivity contribution in [2.75, 3.05) is 16.8 Å². The average molecular weight is 487 g/mol. The fourth-order valence-electron chi connectivity index (χ4n) is 4.33. The fraction of sp³-hybridized carbons (Fsp3) is 0.208. The highest BCUT2D eigenvalue weighted by Gasteiger charge is 2.32. The average Bonchev–Trinajstić information content (AvgIpc) is 3.47. The molecule has 1 amide bonds. The lowest BCUT2D eigenvalue weighted by Gasteiger charge is -2.27. The first kappa shape index (κ1) is 22.8. The SMILES string of the molecule is O=C(Nc1ccc(C(F)(F)F)nc1)c1cnn2ccc(N3CCCC3c3cc(F)ccc3F)cc12. The number of benzene rings is 1. The first-order valence-corrected chi connectivity index (χ1v) is 10.7. The van der Waals surface area contributed by atoms with E-state index in [9.17, 15) is 26.7 Å². The number of carbonyl (C=O) groups is 1. The van der Waals surface area contributed by atoms with Crippen LogP contribution >= 0.6 is 0 Å². The van der Waals surface area contributed by atoms with Crippen molar-refractivity contribution in [2.45, 2.75) is 25.1 Å². The summed E-state index contributed by atoms with van der Waals surface area (Å²) in [5, 5.41) is 6.69. The number of amides is 1. The van der Waals surface area contributed by atoms with Gasteiger partial charge < -0.3 is 10.2 Å². The maximum absolute atomic E-state index is 14.5. The van der Waals surface area contributed by atoms with Crippen LogP contribution in [0.5, 0.6) is 0 Å². The smallest absolute Gasteiger partial charge is 0.364 e. The molecule has 0 bridgehead atoms. The van der Waals surface area contributed by atoms with Gasteiger partial charge in [-0.15, -0.1) is 0 Å². The quantitative estimate of drug-likeness (QED) is 0.380. The summed E-state index contributed by atoms with van der Waals surface area (Å²) in [5.41, 5.74) is 0.647. The Bertz CT molecular complexity index is 1400. The van der Waals surface area contributed by atoms with Gasteiger partial charge in [-0.25, -0.2) is 18.3 Å². The molecular formula is C24H18F5N5O. The molecular weight excluding hydrogens is 469 g/mol. The molecule has 1 aliphatic rings. The van der Waals surface area contributed by atoms with Gasteiger partial charge in [-0.3, -0.25) is 4.79 Å². The largest absolute Gasteiger partial charge is 0.433 e. The van der Waals surface area contributed by atoms with E-state index in [0.29, 0.717) is 24.2 Å². The molecule has 1 aliphatic heterocycles. The van der Waals surface area contributed by atoms with Crippen molar-refractivity contribution in [3.8, 4) is 0 Å². The Morgan fingerprint density at radius 3 is 2.63 bits per heavy atom. The van der Waals surface area contributed by atoms with Gasteiger partial charge in [0.15, 0.2) is 0 Å². The third-order valence-electron chi connectivity index (χ3n) is 5.96. The molecule has 1 atom stereocenters. The third-order valence-corrected chi connectivity index (χ3v) is 5.96. The topological polar surface area (TPSA) is 62.5 Å². The molecule has 0 saturated carbocycles. The number of anilines is 2. The van der Waals surface area contributed by atoms with Gasteiger partial charge in [0.25, 0.3) is 5.91 Å². The summed E-state index contributed by atoms with van der Waals surface area (Å²) >= 11 is 0. The molecule has 1 saturated heterocycles. The normalized spacial score (nSPS) is 16.1. The predicted molar refractivity (Wildman–Crippen MR) is 118 cm³/mol. The van der Waals surface area contributed by atoms with E-state index in [2.05, 4.69) is 15.4 Å². The van der Waals surface area contributed by atoms with E-state index in [0.717, 1.165) is 36.9 Å². The van der Waals surface area contributed by atoms with Crippen molar-refractivity contribution in [3.05, 3.63) is 89.5 Å². The lowest BCUT2D eigenvalue weighted by molar-refractivity contribution is -0.141. The number of hydrogen-bond acceptors (Lipinski definition) is 4. The zero-order chi connectivity index (χ0) is 24.7. The molecule has 4 aromatic rings. The summed E-state index contributed by atoms with van der Waals surface area (Å²) in [6.07, 6.45) is 0.764. The van der Waals surface area contributed by atoms with Gasteiger partial charge in [-0.2, -0.15) is 18.3 Å². The Kier molecular flexibility index (Phi) is 5.62. The lowest BCUT2D eigenvalue weighted by atomic mass is 10.0. The molecule has 1 N–H and O–H groups in total. The maximum Gasteiger partial charge on any atom is 0.433 e. The van der Waals surface area contributed by atoms with Crippen molar-refractivity contribution in [1.82, 2.24) is 14.6 Å². The zero-order valence-corrected chi connectivity index (χ0v) is 18.1. The van der Waals surface area contributed by atoms with Crippen LogP contribution in [0.25, 0.3) is 5.52 Å². The van der Waals surface area contributed by atoms with Gasteiger partial charge in [-0.05, 0) is 55.3 Å². The molecule has 1 unspecified atom stereocenters. The molecule has 35 heavy (non-hydrogen) atoms. The second kappa shape index (κ2) is 8.64. The number of hydrogen-bond donors (Lipinski definition) is 1. The molecule has 0 aliphatic carbocycles. The second-order valence-corrected chi connectivity index (χ2v) is 8.17. The van der Waals surface area contributed by atoms with Crippen LogP contribution in [0, 0.1) is 11.6 Å². The van der Waals surface area contributed by atoms with Gasteiger partial charge in [0.1, 0.15) is 17.3 Å². The summed E-state index contributed by atoms with van der Waals surface area (Å²) < 4.78 is 67.9. The molecule has 4 heterocycles. The summed E-state index contributed by atoms with van der Waals surface area (Å²) in [6.45, 7) is 0.615. The highest BCUT2D eigenvalue weighted by atomic mass is 19.4. The number of pyridine rings is 2. The highest BCUT2D eigenvalue weighted by Crippen LogP contribution is 2.38. The molecule has 0 spiro atoms. The number of halogens is 5. The van der Waals surface area contributed by atoms with Gasteiger partial charge in [-0.1, -0.05) is 0 Å². The van der Waals surface area contributed by atoms with Crippen LogP contribution in [0.2, 0.25) is 0 Å². The molecule has 1 fully saturated rings. The Morgan fingerprint density at radius 2 is 1.89 bits per heavy atom. The predicted octanol–water partition coefficient (Wildman–Crippen LogP) is 5.62. The molecule has 0 radical (unpaired) electrons. The molecule has 11 heteroatoms. The number of rotatable bonds is 4. The van der Waals surface area contributed by atoms with Crippen molar-refractivity contribution in [3.63, 3.8) is 0 Å². The van der Waals surface area contributed by atoms with Crippen molar-refractivity contribution in [2.24, 2.45) is 0 Å². The minimum atomic E-state index is -4.58. The molecule has 5 rings (SSSR count). The van der Waals surface area contributed by atoms with Crippen LogP contribution in [-0.4, -0.2) is 27.0 Å². The summed E-state index contributed by atoms with van der Waals surface area (Å²) in [6, 6.07) is 8.42. The minimum absolute atomic E-state index is 0.0969. The van der Waals surface area contributed by atoms with E-state index in [-0.39, 0.29) is 22.9 Å². The second-order valence-electron chi connectivity index (χ2n) is 8.17. The maximum atomic E-state index is 14.5. The lowest BCUT2D eigenvalue weighted by Crippen LogP contribution is -2.23. The minimum Gasteiger partial charge on any atom is -0.364 e. The van der Waals surface area contributed by atoms with Gasteiger partial charge in [0.05, 0.1) is 35.2 Å². The van der Waals surface area contributed by atoms with Crippen LogP contribution < -0.4 is 10.2 Å². The monoisotopic (exact) mass is 487 g/mol. The fourth-order valence-corrected chi connectivity index (χ4v) is 4.33. The van der Waals surface area contributed by atoms with E-state index in [1.807, 2.05) is 4.90 Å². The Morgan fingerprint density at radius 1 is 1.06 bits per heavy atom. The molecule has 6 nitrogen and oxygen atoms in total. The number of aromatic nitrogens is 3. The molecule has 180 valence electrons. The first-order chi connectivity index (χ1) is 16.7. The summed E-state index contributed by atoms with van der Waals surface area (Å²) in [4.78, 5) is 18.1. The van der Waals surface area contributed by atoms with Crippen LogP contribution in [0.1, 0.15) is 40.5 Å². The van der Waals surface area contributed by atoms with Crippen molar-refractivity contribution in [1.29, 1.82) is 0 Å². The van der Waals surface area contributed by atoms with Gasteiger partial charge >= 0.3 is 6.18 Å². The first-order valence-electron chi connectivity index (χ1n) is 10.7. The van der Waals surface area contributed by atoms with Crippen LogP contribution in [0.4, 0.5) is 33.3 Å². The third kappa shape index (κ3) is 4.41. The van der Waals surface area contributed by atoms with E-state index < -0.39 is 29.4 Å². The van der Waals surface area contributed by atoms with E-state index >= 15 is 0 Å². The van der Waals surface area contributed by atoms with Crippen LogP contribution in [0.15, 0.2) is 61.1 Å². The molecule has 3 aromatic heterocycles. The Hall–Kier alpha value is -4.02. The van der Waals surface area contributed by atoms with Crippen molar-refractivity contribution >= 4 is 22.8 Å². The van der Waals surface area contributed by atoms with E-state index in [4.69, 9.17) is 0 Å². The number of alkyl halides is 3. The Labute approximate surface area is 196 Å². The standard InChI is InChI=1S/C24H18F5N5O/c25-14-3-5-19(26)17(10-14)20-2-1-8-33(20)16-7-9-34-21(11-16)18(13-31-34)23(35)32-15-4-6-22(30-12-15)24(27,28)29/h3-7,9-13,20H,1-2,8H2,(H,32,35). The van der Waals surface area contributed by atoms with Crippen molar-refractivity contribution < 1.29 is 26.7 Å². The molecule has 1 aromatic carbocycles.